The molecular weight excluding hydrogens is 273 g/mol. The van der Waals surface area contributed by atoms with E-state index < -0.39 is 29.2 Å². The number of nitrogens with zero attached hydrogens (tertiary/aromatic N) is 1. The average molecular weight is 284 g/mol. The largest absolute Gasteiger partial charge is 0.392 e. The van der Waals surface area contributed by atoms with Crippen LogP contribution < -0.4 is 4.72 Å². The predicted molar refractivity (Wildman–Crippen MR) is 56.0 cm³/mol. The summed E-state index contributed by atoms with van der Waals surface area (Å²) in [6, 6.07) is 2.44. The first-order valence-electron chi connectivity index (χ1n) is 4.87. The molecule has 0 unspecified atom stereocenters. The van der Waals surface area contributed by atoms with E-state index in [1.165, 1.54) is 6.07 Å². The summed E-state index contributed by atoms with van der Waals surface area (Å²) in [5, 5.41) is 8.35. The highest BCUT2D eigenvalue weighted by atomic mass is 32.2. The minimum absolute atomic E-state index is 0.297. The molecule has 0 saturated carbocycles. The minimum Gasteiger partial charge on any atom is -0.392 e. The fourth-order valence-electron chi connectivity index (χ4n) is 1.06. The van der Waals surface area contributed by atoms with Gasteiger partial charge in [-0.15, -0.1) is 0 Å². The number of sulfonamides is 1. The molecule has 0 aliphatic rings. The van der Waals surface area contributed by atoms with Crippen molar-refractivity contribution in [3.63, 3.8) is 0 Å². The van der Waals surface area contributed by atoms with Crippen LogP contribution in [0.4, 0.5) is 13.2 Å². The van der Waals surface area contributed by atoms with E-state index in [0.29, 0.717) is 5.56 Å². The van der Waals surface area contributed by atoms with Gasteiger partial charge in [0.1, 0.15) is 0 Å². The quantitative estimate of drug-likeness (QED) is 0.838. The third-order valence-corrected chi connectivity index (χ3v) is 3.33. The molecule has 1 aromatic heterocycles. The molecule has 0 saturated heterocycles. The van der Waals surface area contributed by atoms with Gasteiger partial charge in [0.15, 0.2) is 5.03 Å². The van der Waals surface area contributed by atoms with Crippen LogP contribution in [-0.2, 0) is 16.6 Å². The molecular formula is C9H11F3N2O3S. The Morgan fingerprint density at radius 3 is 2.44 bits per heavy atom. The van der Waals surface area contributed by atoms with E-state index in [1.807, 2.05) is 0 Å². The van der Waals surface area contributed by atoms with E-state index in [-0.39, 0.29) is 11.6 Å². The van der Waals surface area contributed by atoms with Crippen LogP contribution in [0.2, 0.25) is 0 Å². The third-order valence-electron chi connectivity index (χ3n) is 1.96. The normalized spacial score (nSPS) is 12.7. The Morgan fingerprint density at radius 2 is 2.00 bits per heavy atom. The van der Waals surface area contributed by atoms with E-state index in [9.17, 15) is 21.6 Å². The lowest BCUT2D eigenvalue weighted by molar-refractivity contribution is -0.132. The van der Waals surface area contributed by atoms with Crippen molar-refractivity contribution in [3.05, 3.63) is 23.9 Å². The van der Waals surface area contributed by atoms with Crippen molar-refractivity contribution in [2.45, 2.75) is 24.2 Å². The molecule has 9 heteroatoms. The number of hydrogen-bond donors (Lipinski definition) is 2. The van der Waals surface area contributed by atoms with Crippen LogP contribution in [0.3, 0.4) is 0 Å². The summed E-state index contributed by atoms with van der Waals surface area (Å²) in [6.45, 7) is -1.04. The van der Waals surface area contributed by atoms with Crippen LogP contribution in [0.5, 0.6) is 0 Å². The van der Waals surface area contributed by atoms with E-state index in [2.05, 4.69) is 4.98 Å². The molecule has 0 aliphatic heterocycles. The monoisotopic (exact) mass is 284 g/mol. The maximum absolute atomic E-state index is 11.9. The lowest BCUT2D eigenvalue weighted by atomic mass is 10.3. The molecule has 102 valence electrons. The van der Waals surface area contributed by atoms with Crippen LogP contribution in [0.15, 0.2) is 23.4 Å². The first-order chi connectivity index (χ1) is 8.24. The van der Waals surface area contributed by atoms with Crippen LogP contribution in [-0.4, -0.2) is 31.2 Å². The number of aliphatic hydroxyl groups excluding tert-OH is 1. The lowest BCUT2D eigenvalue weighted by Gasteiger charge is -2.08. The molecule has 2 N–H and O–H groups in total. The second-order valence-corrected chi connectivity index (χ2v) is 5.14. The third kappa shape index (κ3) is 4.59. The molecule has 0 amide bonds. The smallest absolute Gasteiger partial charge is 0.390 e. The summed E-state index contributed by atoms with van der Waals surface area (Å²) in [5.74, 6) is 0. The summed E-state index contributed by atoms with van der Waals surface area (Å²) in [5.41, 5.74) is 0.407. The van der Waals surface area contributed by atoms with Gasteiger partial charge in [-0.3, -0.25) is 0 Å². The fourth-order valence-corrected chi connectivity index (χ4v) is 2.02. The van der Waals surface area contributed by atoms with Crippen molar-refractivity contribution >= 4 is 10.0 Å². The molecule has 0 radical (unpaired) electrons. The van der Waals surface area contributed by atoms with Crippen molar-refractivity contribution in [1.29, 1.82) is 0 Å². The Labute approximate surface area is 102 Å². The topological polar surface area (TPSA) is 79.3 Å². The minimum atomic E-state index is -4.42. The van der Waals surface area contributed by atoms with Gasteiger partial charge in [0.2, 0.25) is 0 Å². The second-order valence-electron chi connectivity index (χ2n) is 3.43. The summed E-state index contributed by atoms with van der Waals surface area (Å²) in [4.78, 5) is 3.54. The van der Waals surface area contributed by atoms with Gasteiger partial charge in [-0.2, -0.15) is 13.2 Å². The van der Waals surface area contributed by atoms with Gasteiger partial charge in [0.05, 0.1) is 13.0 Å². The highest BCUT2D eigenvalue weighted by Gasteiger charge is 2.27. The highest BCUT2D eigenvalue weighted by molar-refractivity contribution is 7.89. The zero-order valence-electron chi connectivity index (χ0n) is 9.11. The Hall–Kier alpha value is -1.19. The summed E-state index contributed by atoms with van der Waals surface area (Å²) in [7, 11) is -4.05. The molecule has 5 nitrogen and oxygen atoms in total. The van der Waals surface area contributed by atoms with Gasteiger partial charge in [-0.25, -0.2) is 18.1 Å². The lowest BCUT2D eigenvalue weighted by Crippen LogP contribution is -2.28. The first-order valence-corrected chi connectivity index (χ1v) is 6.35. The Morgan fingerprint density at radius 1 is 1.33 bits per heavy atom. The molecule has 1 heterocycles. The molecule has 1 rings (SSSR count). The van der Waals surface area contributed by atoms with Crippen LogP contribution in [0, 0.1) is 0 Å². The maximum atomic E-state index is 11.9. The molecule has 0 bridgehead atoms. The molecule has 0 atom stereocenters. The summed E-state index contributed by atoms with van der Waals surface area (Å²) in [6.07, 6.45) is -4.53. The van der Waals surface area contributed by atoms with Crippen LogP contribution in [0.25, 0.3) is 0 Å². The Bertz CT molecular complexity index is 485. The Balaban J connectivity index is 2.68. The van der Waals surface area contributed by atoms with E-state index >= 15 is 0 Å². The number of nitrogens with one attached hydrogen (secondary N) is 1. The van der Waals surface area contributed by atoms with Crippen molar-refractivity contribution in [2.75, 3.05) is 6.54 Å². The van der Waals surface area contributed by atoms with Crippen LogP contribution >= 0.6 is 0 Å². The molecule has 0 aromatic carbocycles. The molecule has 0 aliphatic carbocycles. The molecule has 0 spiro atoms. The number of hydrogen-bond acceptors (Lipinski definition) is 4. The summed E-state index contributed by atoms with van der Waals surface area (Å²) >= 11 is 0. The molecule has 0 fully saturated rings. The highest BCUT2D eigenvalue weighted by Crippen LogP contribution is 2.18. The molecule has 1 aromatic rings. The van der Waals surface area contributed by atoms with Gasteiger partial charge in [0.25, 0.3) is 10.0 Å². The van der Waals surface area contributed by atoms with E-state index in [0.717, 1.165) is 12.3 Å². The number of halogens is 3. The zero-order valence-corrected chi connectivity index (χ0v) is 9.92. The number of alkyl halides is 3. The number of aromatic nitrogens is 1. The average Bonchev–Trinajstić information content (AvgIpc) is 2.27. The van der Waals surface area contributed by atoms with Gasteiger partial charge >= 0.3 is 6.18 Å². The predicted octanol–water partition coefficient (Wildman–Crippen LogP) is 0.805. The SMILES string of the molecule is O=S(=O)(NCCC(F)(F)F)c1ccc(CO)cn1. The fraction of sp³-hybridized carbons (Fsp3) is 0.444. The number of pyridine rings is 1. The Kier molecular flexibility index (Phi) is 4.65. The standard InChI is InChI=1S/C9H11F3N2O3S/c10-9(11,12)3-4-14-18(16,17)8-2-1-7(6-15)5-13-8/h1-2,5,14-15H,3-4,6H2. The van der Waals surface area contributed by atoms with E-state index in [4.69, 9.17) is 5.11 Å². The summed E-state index contributed by atoms with van der Waals surface area (Å²) < 4.78 is 60.4. The van der Waals surface area contributed by atoms with Gasteiger partial charge in [-0.05, 0) is 11.6 Å². The number of aliphatic hydroxyl groups is 1. The van der Waals surface area contributed by atoms with Gasteiger partial charge < -0.3 is 5.11 Å². The van der Waals surface area contributed by atoms with Crippen molar-refractivity contribution in [2.24, 2.45) is 0 Å². The van der Waals surface area contributed by atoms with Gasteiger partial charge in [0, 0.05) is 12.7 Å². The maximum Gasteiger partial charge on any atom is 0.390 e. The zero-order chi connectivity index (χ0) is 13.8. The van der Waals surface area contributed by atoms with Crippen molar-refractivity contribution < 1.29 is 26.7 Å². The second kappa shape index (κ2) is 5.63. The molecule has 18 heavy (non-hydrogen) atoms. The van der Waals surface area contributed by atoms with E-state index in [1.54, 1.807) is 4.72 Å². The number of rotatable bonds is 5. The van der Waals surface area contributed by atoms with Crippen LogP contribution in [0.1, 0.15) is 12.0 Å². The van der Waals surface area contributed by atoms with Crippen molar-refractivity contribution in [3.8, 4) is 0 Å². The van der Waals surface area contributed by atoms with Gasteiger partial charge in [-0.1, -0.05) is 6.07 Å². The first kappa shape index (κ1) is 14.9. The van der Waals surface area contributed by atoms with Crippen molar-refractivity contribution in [1.82, 2.24) is 9.71 Å².